The Balaban J connectivity index is 1.84. The Morgan fingerprint density at radius 3 is 3.00 bits per heavy atom. The number of rotatable bonds is 3. The van der Waals surface area contributed by atoms with Gasteiger partial charge in [0, 0.05) is 25.8 Å². The van der Waals surface area contributed by atoms with Crippen LogP contribution in [0.2, 0.25) is 0 Å². The second-order valence-corrected chi connectivity index (χ2v) is 4.28. The number of alkyl halides is 1. The van der Waals surface area contributed by atoms with Crippen LogP contribution in [0.3, 0.4) is 0 Å². The monoisotopic (exact) mass is 211 g/mol. The maximum absolute atomic E-state index is 13.5. The quantitative estimate of drug-likeness (QED) is 0.826. The normalized spacial score (nSPS) is 26.8. The van der Waals surface area contributed by atoms with Crippen LogP contribution in [0.1, 0.15) is 31.4 Å². The molecule has 0 aromatic carbocycles. The number of aryl methyl sites for hydroxylation is 1. The van der Waals surface area contributed by atoms with Crippen molar-refractivity contribution in [2.75, 3.05) is 0 Å². The van der Waals surface area contributed by atoms with Crippen molar-refractivity contribution >= 4 is 0 Å². The Bertz CT molecular complexity index is 311. The van der Waals surface area contributed by atoms with Crippen LogP contribution in [0.25, 0.3) is 0 Å². The molecule has 1 aromatic heterocycles. The largest absolute Gasteiger partial charge is 0.337 e. The van der Waals surface area contributed by atoms with Crippen LogP contribution in [-0.4, -0.2) is 21.8 Å². The van der Waals surface area contributed by atoms with Crippen LogP contribution in [0.15, 0.2) is 12.5 Å². The summed E-state index contributed by atoms with van der Waals surface area (Å²) in [6, 6.07) is 0.0358. The van der Waals surface area contributed by atoms with E-state index in [1.165, 1.54) is 0 Å². The Kier molecular flexibility index (Phi) is 3.36. The van der Waals surface area contributed by atoms with E-state index in [0.29, 0.717) is 13.0 Å². The number of imidazole rings is 1. The molecule has 0 unspecified atom stereocenters. The molecule has 0 spiro atoms. The molecule has 0 saturated heterocycles. The molecule has 1 N–H and O–H groups in total. The standard InChI is InChI=1S/C11H18FN3/c1-15-8-13-6-9(15)7-14-11-5-3-2-4-10(11)12/h6,8,10-11,14H,2-5,7H2,1H3/t10-,11-/m1/s1. The number of aromatic nitrogens is 2. The Hall–Kier alpha value is -0.900. The highest BCUT2D eigenvalue weighted by molar-refractivity contribution is 4.97. The molecule has 84 valence electrons. The molecule has 15 heavy (non-hydrogen) atoms. The number of nitrogens with one attached hydrogen (secondary N) is 1. The molecule has 2 rings (SSSR count). The molecule has 0 radical (unpaired) electrons. The zero-order valence-electron chi connectivity index (χ0n) is 9.12. The van der Waals surface area contributed by atoms with Gasteiger partial charge in [-0.05, 0) is 12.8 Å². The summed E-state index contributed by atoms with van der Waals surface area (Å²) in [5.74, 6) is 0. The topological polar surface area (TPSA) is 29.9 Å². The predicted octanol–water partition coefficient (Wildman–Crippen LogP) is 1.79. The van der Waals surface area contributed by atoms with Crippen molar-refractivity contribution in [1.82, 2.24) is 14.9 Å². The first-order chi connectivity index (χ1) is 7.27. The molecule has 2 atom stereocenters. The highest BCUT2D eigenvalue weighted by atomic mass is 19.1. The lowest BCUT2D eigenvalue weighted by Crippen LogP contribution is -2.39. The van der Waals surface area contributed by atoms with E-state index in [1.807, 2.05) is 17.8 Å². The molecule has 3 nitrogen and oxygen atoms in total. The minimum Gasteiger partial charge on any atom is -0.337 e. The van der Waals surface area contributed by atoms with Gasteiger partial charge in [-0.2, -0.15) is 0 Å². The van der Waals surface area contributed by atoms with Crippen molar-refractivity contribution < 1.29 is 4.39 Å². The molecule has 0 amide bonds. The number of halogens is 1. The summed E-state index contributed by atoms with van der Waals surface area (Å²) in [6.45, 7) is 0.710. The van der Waals surface area contributed by atoms with Crippen molar-refractivity contribution in [2.45, 2.75) is 44.4 Å². The van der Waals surface area contributed by atoms with Crippen molar-refractivity contribution in [3.8, 4) is 0 Å². The number of nitrogens with zero attached hydrogens (tertiary/aromatic N) is 2. The molecule has 1 fully saturated rings. The van der Waals surface area contributed by atoms with Crippen LogP contribution in [0.5, 0.6) is 0 Å². The van der Waals surface area contributed by atoms with E-state index in [4.69, 9.17) is 0 Å². The zero-order chi connectivity index (χ0) is 10.7. The van der Waals surface area contributed by atoms with E-state index >= 15 is 0 Å². The molecular weight excluding hydrogens is 193 g/mol. The third kappa shape index (κ3) is 2.56. The Morgan fingerprint density at radius 2 is 2.33 bits per heavy atom. The highest BCUT2D eigenvalue weighted by Crippen LogP contribution is 2.21. The first kappa shape index (κ1) is 10.6. The molecule has 1 saturated carbocycles. The molecule has 0 aliphatic heterocycles. The van der Waals surface area contributed by atoms with Crippen molar-refractivity contribution in [3.05, 3.63) is 18.2 Å². The van der Waals surface area contributed by atoms with Gasteiger partial charge in [0.15, 0.2) is 0 Å². The third-order valence-corrected chi connectivity index (χ3v) is 3.14. The predicted molar refractivity (Wildman–Crippen MR) is 57.2 cm³/mol. The maximum atomic E-state index is 13.5. The maximum Gasteiger partial charge on any atom is 0.115 e. The van der Waals surface area contributed by atoms with E-state index in [2.05, 4.69) is 10.3 Å². The van der Waals surface area contributed by atoms with E-state index in [1.54, 1.807) is 6.33 Å². The summed E-state index contributed by atoms with van der Waals surface area (Å²) in [7, 11) is 1.96. The van der Waals surface area contributed by atoms with Gasteiger partial charge in [0.1, 0.15) is 6.17 Å². The minimum absolute atomic E-state index is 0.0358. The van der Waals surface area contributed by atoms with Crippen LogP contribution in [0.4, 0.5) is 4.39 Å². The van der Waals surface area contributed by atoms with Gasteiger partial charge in [0.05, 0.1) is 12.0 Å². The van der Waals surface area contributed by atoms with Gasteiger partial charge in [-0.15, -0.1) is 0 Å². The fourth-order valence-electron chi connectivity index (χ4n) is 2.11. The summed E-state index contributed by atoms with van der Waals surface area (Å²) in [5, 5.41) is 3.28. The van der Waals surface area contributed by atoms with Crippen molar-refractivity contribution in [2.24, 2.45) is 7.05 Å². The zero-order valence-corrected chi connectivity index (χ0v) is 9.12. The first-order valence-corrected chi connectivity index (χ1v) is 5.60. The van der Waals surface area contributed by atoms with Gasteiger partial charge in [-0.1, -0.05) is 12.8 Å². The van der Waals surface area contributed by atoms with Crippen molar-refractivity contribution in [3.63, 3.8) is 0 Å². The van der Waals surface area contributed by atoms with Crippen LogP contribution < -0.4 is 5.32 Å². The fourth-order valence-corrected chi connectivity index (χ4v) is 2.11. The van der Waals surface area contributed by atoms with Crippen molar-refractivity contribution in [1.29, 1.82) is 0 Å². The fraction of sp³-hybridized carbons (Fsp3) is 0.727. The molecule has 1 aliphatic carbocycles. The van der Waals surface area contributed by atoms with E-state index in [-0.39, 0.29) is 6.04 Å². The van der Waals surface area contributed by atoms with Gasteiger partial charge in [-0.3, -0.25) is 0 Å². The van der Waals surface area contributed by atoms with E-state index in [0.717, 1.165) is 25.0 Å². The Labute approximate surface area is 89.7 Å². The van der Waals surface area contributed by atoms with Crippen LogP contribution in [-0.2, 0) is 13.6 Å². The summed E-state index contributed by atoms with van der Waals surface area (Å²) in [4.78, 5) is 4.03. The highest BCUT2D eigenvalue weighted by Gasteiger charge is 2.23. The van der Waals surface area contributed by atoms with Crippen LogP contribution >= 0.6 is 0 Å². The van der Waals surface area contributed by atoms with Gasteiger partial charge in [-0.25, -0.2) is 9.37 Å². The summed E-state index contributed by atoms with van der Waals surface area (Å²) >= 11 is 0. The average molecular weight is 211 g/mol. The average Bonchev–Trinajstić information content (AvgIpc) is 2.63. The molecule has 1 aromatic rings. The summed E-state index contributed by atoms with van der Waals surface area (Å²) < 4.78 is 15.5. The smallest absolute Gasteiger partial charge is 0.115 e. The first-order valence-electron chi connectivity index (χ1n) is 5.60. The van der Waals surface area contributed by atoms with Gasteiger partial charge in [0.25, 0.3) is 0 Å². The van der Waals surface area contributed by atoms with Crippen LogP contribution in [0, 0.1) is 0 Å². The second kappa shape index (κ2) is 4.75. The van der Waals surface area contributed by atoms with E-state index < -0.39 is 6.17 Å². The second-order valence-electron chi connectivity index (χ2n) is 4.28. The summed E-state index contributed by atoms with van der Waals surface area (Å²) in [6.07, 6.45) is 6.76. The van der Waals surface area contributed by atoms with Gasteiger partial charge in [0.2, 0.25) is 0 Å². The van der Waals surface area contributed by atoms with E-state index in [9.17, 15) is 4.39 Å². The SMILES string of the molecule is Cn1cncc1CN[C@@H]1CCCC[C@H]1F. The minimum atomic E-state index is -0.674. The molecule has 4 heteroatoms. The lowest BCUT2D eigenvalue weighted by atomic mass is 9.93. The molecule has 1 heterocycles. The van der Waals surface area contributed by atoms with Gasteiger partial charge < -0.3 is 9.88 Å². The summed E-state index contributed by atoms with van der Waals surface area (Å²) in [5.41, 5.74) is 1.10. The Morgan fingerprint density at radius 1 is 1.53 bits per heavy atom. The lowest BCUT2D eigenvalue weighted by molar-refractivity contribution is 0.187. The number of hydrogen-bond acceptors (Lipinski definition) is 2. The number of hydrogen-bond donors (Lipinski definition) is 1. The molecular formula is C11H18FN3. The third-order valence-electron chi connectivity index (χ3n) is 3.14. The van der Waals surface area contributed by atoms with Gasteiger partial charge >= 0.3 is 0 Å². The molecule has 1 aliphatic rings. The lowest BCUT2D eigenvalue weighted by Gasteiger charge is -2.26. The molecule has 0 bridgehead atoms.